The molecule has 0 aliphatic carbocycles. The van der Waals surface area contributed by atoms with Crippen LogP contribution in [0.3, 0.4) is 0 Å². The van der Waals surface area contributed by atoms with Crippen molar-refractivity contribution in [3.8, 4) is 11.5 Å². The van der Waals surface area contributed by atoms with Crippen molar-refractivity contribution < 1.29 is 40.6 Å². The SMILES string of the molecule is O=C1CCCC(c2ccccc2OC(F)(F)F)N1Cc1ccc(OC(F)(F)F)cc1. The molecule has 1 saturated heterocycles. The van der Waals surface area contributed by atoms with Gasteiger partial charge in [0, 0.05) is 18.5 Å². The number of halogens is 6. The quantitative estimate of drug-likeness (QED) is 0.565. The molecule has 0 bridgehead atoms. The van der Waals surface area contributed by atoms with Crippen molar-refractivity contribution in [3.05, 3.63) is 59.7 Å². The standard InChI is InChI=1S/C20H17F6NO3/c21-19(22,23)29-14-10-8-13(9-11-14)12-27-16(5-3-7-18(27)28)15-4-1-2-6-17(15)30-20(24,25)26/h1-2,4,6,8-11,16H,3,5,7,12H2. The lowest BCUT2D eigenvalue weighted by molar-refractivity contribution is -0.275. The summed E-state index contributed by atoms with van der Waals surface area (Å²) in [7, 11) is 0. The van der Waals surface area contributed by atoms with Gasteiger partial charge in [0.2, 0.25) is 5.91 Å². The molecule has 1 unspecified atom stereocenters. The molecule has 3 rings (SSSR count). The summed E-state index contributed by atoms with van der Waals surface area (Å²) in [6, 6.07) is 9.94. The average molecular weight is 433 g/mol. The number of rotatable bonds is 5. The van der Waals surface area contributed by atoms with E-state index < -0.39 is 24.5 Å². The minimum atomic E-state index is -4.88. The fourth-order valence-electron chi connectivity index (χ4n) is 3.41. The molecule has 1 heterocycles. The number of benzene rings is 2. The van der Waals surface area contributed by atoms with Crippen LogP contribution >= 0.6 is 0 Å². The summed E-state index contributed by atoms with van der Waals surface area (Å²) in [6.45, 7) is 0.0240. The van der Waals surface area contributed by atoms with Crippen molar-refractivity contribution in [1.82, 2.24) is 4.90 Å². The van der Waals surface area contributed by atoms with Gasteiger partial charge in [-0.2, -0.15) is 0 Å². The molecule has 10 heteroatoms. The topological polar surface area (TPSA) is 38.8 Å². The zero-order valence-corrected chi connectivity index (χ0v) is 15.5. The van der Waals surface area contributed by atoms with Gasteiger partial charge in [0.1, 0.15) is 11.5 Å². The Balaban J connectivity index is 1.84. The summed E-state index contributed by atoms with van der Waals surface area (Å²) >= 11 is 0. The summed E-state index contributed by atoms with van der Waals surface area (Å²) in [5, 5.41) is 0. The van der Waals surface area contributed by atoms with E-state index in [1.807, 2.05) is 0 Å². The van der Waals surface area contributed by atoms with Gasteiger partial charge in [0.15, 0.2) is 0 Å². The van der Waals surface area contributed by atoms with Gasteiger partial charge in [-0.15, -0.1) is 26.3 Å². The minimum Gasteiger partial charge on any atom is -0.406 e. The number of ether oxygens (including phenoxy) is 2. The molecule has 0 spiro atoms. The number of nitrogens with zero attached hydrogens (tertiary/aromatic N) is 1. The zero-order valence-electron chi connectivity index (χ0n) is 15.5. The second-order valence-corrected chi connectivity index (χ2v) is 6.71. The molecule has 0 saturated carbocycles. The third-order valence-electron chi connectivity index (χ3n) is 4.58. The van der Waals surface area contributed by atoms with Gasteiger partial charge in [-0.1, -0.05) is 30.3 Å². The number of hydrogen-bond acceptors (Lipinski definition) is 3. The first-order chi connectivity index (χ1) is 14.0. The molecule has 4 nitrogen and oxygen atoms in total. The van der Waals surface area contributed by atoms with Crippen molar-refractivity contribution in [2.45, 2.75) is 44.6 Å². The molecular weight excluding hydrogens is 416 g/mol. The average Bonchev–Trinajstić information content (AvgIpc) is 2.63. The van der Waals surface area contributed by atoms with E-state index in [0.717, 1.165) is 12.1 Å². The van der Waals surface area contributed by atoms with E-state index in [4.69, 9.17) is 0 Å². The van der Waals surface area contributed by atoms with E-state index in [2.05, 4.69) is 9.47 Å². The highest BCUT2D eigenvalue weighted by Crippen LogP contribution is 2.39. The number of para-hydroxylation sites is 1. The van der Waals surface area contributed by atoms with Gasteiger partial charge < -0.3 is 14.4 Å². The molecule has 0 aromatic heterocycles. The lowest BCUT2D eigenvalue weighted by Gasteiger charge is -2.37. The molecule has 30 heavy (non-hydrogen) atoms. The Bertz CT molecular complexity index is 879. The van der Waals surface area contributed by atoms with Crippen LogP contribution < -0.4 is 9.47 Å². The molecule has 2 aromatic rings. The molecule has 162 valence electrons. The number of hydrogen-bond donors (Lipinski definition) is 0. The van der Waals surface area contributed by atoms with Crippen LogP contribution in [-0.4, -0.2) is 23.5 Å². The van der Waals surface area contributed by atoms with Crippen LogP contribution in [0.2, 0.25) is 0 Å². The first-order valence-electron chi connectivity index (χ1n) is 9.01. The molecule has 2 aromatic carbocycles. The molecule has 0 radical (unpaired) electrons. The molecular formula is C20H17F6NO3. The predicted octanol–water partition coefficient (Wildman–Crippen LogP) is 5.74. The van der Waals surface area contributed by atoms with Crippen molar-refractivity contribution in [3.63, 3.8) is 0 Å². The maximum atomic E-state index is 12.8. The second kappa shape index (κ2) is 8.45. The Hall–Kier alpha value is -2.91. The Labute approximate surface area is 168 Å². The van der Waals surface area contributed by atoms with Gasteiger partial charge in [0.05, 0.1) is 6.04 Å². The minimum absolute atomic E-state index is 0.0240. The Morgan fingerprint density at radius 2 is 1.53 bits per heavy atom. The maximum Gasteiger partial charge on any atom is 0.573 e. The van der Waals surface area contributed by atoms with Gasteiger partial charge in [-0.25, -0.2) is 0 Å². The van der Waals surface area contributed by atoms with Crippen LogP contribution in [0.25, 0.3) is 0 Å². The third-order valence-corrected chi connectivity index (χ3v) is 4.58. The van der Waals surface area contributed by atoms with Crippen LogP contribution in [0.1, 0.15) is 36.4 Å². The maximum absolute atomic E-state index is 12.8. The van der Waals surface area contributed by atoms with Gasteiger partial charge in [-0.3, -0.25) is 4.79 Å². The number of piperidine rings is 1. The Kier molecular flexibility index (Phi) is 6.14. The number of alkyl halides is 6. The first kappa shape index (κ1) is 21.8. The molecule has 1 atom stereocenters. The van der Waals surface area contributed by atoms with Gasteiger partial charge >= 0.3 is 12.7 Å². The number of carbonyl (C=O) groups excluding carboxylic acids is 1. The Morgan fingerprint density at radius 1 is 0.900 bits per heavy atom. The van der Waals surface area contributed by atoms with Gasteiger partial charge in [-0.05, 0) is 36.6 Å². The zero-order chi connectivity index (χ0) is 21.9. The van der Waals surface area contributed by atoms with E-state index in [-0.39, 0.29) is 30.2 Å². The Morgan fingerprint density at radius 3 is 2.17 bits per heavy atom. The van der Waals surface area contributed by atoms with E-state index in [9.17, 15) is 31.1 Å². The van der Waals surface area contributed by atoms with Crippen LogP contribution in [0, 0.1) is 0 Å². The molecule has 1 aliphatic heterocycles. The lowest BCUT2D eigenvalue weighted by atomic mass is 9.93. The predicted molar refractivity (Wildman–Crippen MR) is 93.4 cm³/mol. The summed E-state index contributed by atoms with van der Waals surface area (Å²) in [5.74, 6) is -1.05. The highest BCUT2D eigenvalue weighted by Gasteiger charge is 2.36. The van der Waals surface area contributed by atoms with E-state index in [1.54, 1.807) is 6.07 Å². The largest absolute Gasteiger partial charge is 0.573 e. The normalized spacial score (nSPS) is 17.7. The van der Waals surface area contributed by atoms with Crippen molar-refractivity contribution in [2.24, 2.45) is 0 Å². The summed E-state index contributed by atoms with van der Waals surface area (Å²) in [5.41, 5.74) is 0.735. The summed E-state index contributed by atoms with van der Waals surface area (Å²) < 4.78 is 83.1. The van der Waals surface area contributed by atoms with Crippen LogP contribution in [0.15, 0.2) is 48.5 Å². The number of likely N-dealkylation sites (tertiary alicyclic amines) is 1. The van der Waals surface area contributed by atoms with E-state index in [0.29, 0.717) is 18.4 Å². The summed E-state index contributed by atoms with van der Waals surface area (Å²) in [6.07, 6.45) is -8.54. The molecule has 1 amide bonds. The smallest absolute Gasteiger partial charge is 0.406 e. The van der Waals surface area contributed by atoms with Crippen LogP contribution in [0.5, 0.6) is 11.5 Å². The van der Waals surface area contributed by atoms with E-state index in [1.165, 1.54) is 35.2 Å². The molecule has 0 N–H and O–H groups in total. The number of amides is 1. The van der Waals surface area contributed by atoms with Crippen molar-refractivity contribution >= 4 is 5.91 Å². The van der Waals surface area contributed by atoms with Crippen molar-refractivity contribution in [1.29, 1.82) is 0 Å². The molecule has 1 aliphatic rings. The van der Waals surface area contributed by atoms with Crippen LogP contribution in [0.4, 0.5) is 26.3 Å². The molecule has 1 fully saturated rings. The fraction of sp³-hybridized carbons (Fsp3) is 0.350. The first-order valence-corrected chi connectivity index (χ1v) is 9.01. The number of carbonyl (C=O) groups is 1. The van der Waals surface area contributed by atoms with Crippen molar-refractivity contribution in [2.75, 3.05) is 0 Å². The lowest BCUT2D eigenvalue weighted by Crippen LogP contribution is -2.38. The highest BCUT2D eigenvalue weighted by molar-refractivity contribution is 5.77. The second-order valence-electron chi connectivity index (χ2n) is 6.71. The van der Waals surface area contributed by atoms with Crippen LogP contribution in [-0.2, 0) is 11.3 Å². The van der Waals surface area contributed by atoms with Gasteiger partial charge in [0.25, 0.3) is 0 Å². The summed E-state index contributed by atoms with van der Waals surface area (Å²) in [4.78, 5) is 13.9. The monoisotopic (exact) mass is 433 g/mol. The third kappa shape index (κ3) is 5.80. The fourth-order valence-corrected chi connectivity index (χ4v) is 3.41. The highest BCUT2D eigenvalue weighted by atomic mass is 19.4. The van der Waals surface area contributed by atoms with E-state index >= 15 is 0 Å².